The lowest BCUT2D eigenvalue weighted by Crippen LogP contribution is -2.09. The molecule has 0 spiro atoms. The van der Waals surface area contributed by atoms with Crippen molar-refractivity contribution in [2.45, 2.75) is 9.79 Å². The molecule has 1 heterocycles. The Morgan fingerprint density at radius 3 is 2.44 bits per heavy atom. The molecule has 0 radical (unpaired) electrons. The number of benzene rings is 2. The van der Waals surface area contributed by atoms with Crippen LogP contribution in [-0.4, -0.2) is 40.7 Å². The molecule has 0 amide bonds. The predicted molar refractivity (Wildman–Crippen MR) is 109 cm³/mol. The van der Waals surface area contributed by atoms with Crippen LogP contribution in [-0.2, 0) is 0 Å². The number of aliphatic hydroxyl groups excluding tert-OH is 1. The Labute approximate surface area is 155 Å². The molecule has 25 heavy (non-hydrogen) atoms. The summed E-state index contributed by atoms with van der Waals surface area (Å²) < 4.78 is 0. The van der Waals surface area contributed by atoms with Crippen LogP contribution in [0.1, 0.15) is 0 Å². The topological polar surface area (TPSA) is 84.1 Å². The summed E-state index contributed by atoms with van der Waals surface area (Å²) in [6.07, 6.45) is 4.17. The van der Waals surface area contributed by atoms with E-state index < -0.39 is 0 Å². The van der Waals surface area contributed by atoms with Crippen LogP contribution in [0.3, 0.4) is 0 Å². The zero-order valence-corrected chi connectivity index (χ0v) is 15.7. The van der Waals surface area contributed by atoms with Gasteiger partial charge in [-0.05, 0) is 42.3 Å². The summed E-state index contributed by atoms with van der Waals surface area (Å²) >= 11 is 3.46. The summed E-state index contributed by atoms with van der Waals surface area (Å²) in [7, 11) is 0. The largest absolute Gasteiger partial charge is 0.395 e. The van der Waals surface area contributed by atoms with Gasteiger partial charge < -0.3 is 16.2 Å². The van der Waals surface area contributed by atoms with Crippen LogP contribution in [0.4, 0.5) is 11.8 Å². The molecule has 3 rings (SSSR count). The lowest BCUT2D eigenvalue weighted by molar-refractivity contribution is 0.311. The van der Waals surface area contributed by atoms with Gasteiger partial charge in [0.2, 0.25) is 5.95 Å². The second-order valence-corrected chi connectivity index (χ2v) is 7.05. The molecule has 3 aromatic rings. The van der Waals surface area contributed by atoms with Crippen molar-refractivity contribution in [3.63, 3.8) is 0 Å². The second-order valence-electron chi connectivity index (χ2n) is 5.35. The Balaban J connectivity index is 2.17. The van der Waals surface area contributed by atoms with E-state index in [4.69, 9.17) is 10.8 Å². The highest BCUT2D eigenvalue weighted by Gasteiger charge is 2.13. The van der Waals surface area contributed by atoms with Gasteiger partial charge in [0.25, 0.3) is 0 Å². The van der Waals surface area contributed by atoms with Crippen molar-refractivity contribution < 1.29 is 5.11 Å². The zero-order valence-electron chi connectivity index (χ0n) is 14.1. The molecule has 5 nitrogen and oxygen atoms in total. The molecule has 0 unspecified atom stereocenters. The fourth-order valence-corrected chi connectivity index (χ4v) is 4.11. The van der Waals surface area contributed by atoms with Crippen LogP contribution >= 0.6 is 23.5 Å². The minimum Gasteiger partial charge on any atom is -0.395 e. The maximum Gasteiger partial charge on any atom is 0.222 e. The van der Waals surface area contributed by atoms with Crippen LogP contribution < -0.4 is 11.1 Å². The highest BCUT2D eigenvalue weighted by molar-refractivity contribution is 7.99. The number of aromatic nitrogens is 2. The summed E-state index contributed by atoms with van der Waals surface area (Å²) in [5.74, 6) is 0.861. The number of hydrogen-bond donors (Lipinski definition) is 3. The van der Waals surface area contributed by atoms with Gasteiger partial charge in [0.1, 0.15) is 5.82 Å². The highest BCUT2D eigenvalue weighted by Crippen LogP contribution is 2.39. The minimum atomic E-state index is 0.0294. The van der Waals surface area contributed by atoms with Gasteiger partial charge >= 0.3 is 0 Å². The molecular formula is C18H20N4OS2. The Morgan fingerprint density at radius 2 is 1.80 bits per heavy atom. The molecule has 0 saturated heterocycles. The van der Waals surface area contributed by atoms with Crippen molar-refractivity contribution in [1.82, 2.24) is 9.97 Å². The predicted octanol–water partition coefficient (Wildman–Crippen LogP) is 3.73. The van der Waals surface area contributed by atoms with E-state index in [-0.39, 0.29) is 12.6 Å². The number of nitrogens with two attached hydrogens (primary N) is 1. The Hall–Kier alpha value is -1.96. The van der Waals surface area contributed by atoms with Gasteiger partial charge in [-0.3, -0.25) is 0 Å². The normalized spacial score (nSPS) is 11.0. The quantitative estimate of drug-likeness (QED) is 0.569. The van der Waals surface area contributed by atoms with Gasteiger partial charge in [0.05, 0.1) is 12.1 Å². The van der Waals surface area contributed by atoms with Crippen LogP contribution in [0.15, 0.2) is 46.2 Å². The average molecular weight is 373 g/mol. The summed E-state index contributed by atoms with van der Waals surface area (Å²) in [4.78, 5) is 11.1. The minimum absolute atomic E-state index is 0.0294. The lowest BCUT2D eigenvalue weighted by Gasteiger charge is -2.14. The summed E-state index contributed by atoms with van der Waals surface area (Å²) in [6, 6.07) is 12.5. The standard InChI is InChI=1S/C18H20N4OS2/c1-24-14-4-3-5-15(25-2)16(14)11-6-7-12-13(10-11)21-18(19)22-17(12)20-8-9-23/h3-7,10,23H,8-9H2,1-2H3,(H3,19,20,21,22). The van der Waals surface area contributed by atoms with E-state index >= 15 is 0 Å². The molecule has 4 N–H and O–H groups in total. The smallest absolute Gasteiger partial charge is 0.222 e. The monoisotopic (exact) mass is 372 g/mol. The van der Waals surface area contributed by atoms with Crippen molar-refractivity contribution >= 4 is 46.2 Å². The van der Waals surface area contributed by atoms with Gasteiger partial charge in [0, 0.05) is 27.3 Å². The van der Waals surface area contributed by atoms with Crippen LogP contribution in [0.5, 0.6) is 0 Å². The Morgan fingerprint density at radius 1 is 1.08 bits per heavy atom. The van der Waals surface area contributed by atoms with Gasteiger partial charge in [-0.1, -0.05) is 12.1 Å². The fourth-order valence-electron chi connectivity index (χ4n) is 2.75. The van der Waals surface area contributed by atoms with E-state index in [1.54, 1.807) is 23.5 Å². The number of nitrogens with zero attached hydrogens (tertiary/aromatic N) is 2. The van der Waals surface area contributed by atoms with Gasteiger partial charge in [-0.25, -0.2) is 4.98 Å². The van der Waals surface area contributed by atoms with Crippen molar-refractivity contribution in [3.8, 4) is 11.1 Å². The third kappa shape index (κ3) is 3.68. The lowest BCUT2D eigenvalue weighted by atomic mass is 10.0. The summed E-state index contributed by atoms with van der Waals surface area (Å²) in [5, 5.41) is 13.0. The molecule has 0 aliphatic carbocycles. The van der Waals surface area contributed by atoms with Gasteiger partial charge in [-0.2, -0.15) is 4.98 Å². The number of thioether (sulfide) groups is 2. The van der Waals surface area contributed by atoms with Crippen molar-refractivity contribution in [1.29, 1.82) is 0 Å². The first kappa shape index (κ1) is 17.8. The molecule has 2 aromatic carbocycles. The highest BCUT2D eigenvalue weighted by atomic mass is 32.2. The van der Waals surface area contributed by atoms with Gasteiger partial charge in [0.15, 0.2) is 0 Å². The van der Waals surface area contributed by atoms with E-state index in [2.05, 4.69) is 52.1 Å². The molecular weight excluding hydrogens is 352 g/mol. The molecule has 0 fully saturated rings. The number of aliphatic hydroxyl groups is 1. The molecule has 0 aliphatic rings. The number of nitrogens with one attached hydrogen (secondary N) is 1. The SMILES string of the molecule is CSc1cccc(SC)c1-c1ccc2c(NCCO)nc(N)nc2c1. The van der Waals surface area contributed by atoms with Crippen LogP contribution in [0, 0.1) is 0 Å². The van der Waals surface area contributed by atoms with E-state index in [9.17, 15) is 0 Å². The molecule has 0 aliphatic heterocycles. The maximum absolute atomic E-state index is 9.04. The van der Waals surface area contributed by atoms with Gasteiger partial charge in [-0.15, -0.1) is 23.5 Å². The third-order valence-electron chi connectivity index (χ3n) is 3.83. The average Bonchev–Trinajstić information content (AvgIpc) is 2.64. The zero-order chi connectivity index (χ0) is 17.8. The van der Waals surface area contributed by atoms with Crippen LogP contribution in [0.25, 0.3) is 22.0 Å². The molecule has 0 saturated carbocycles. The van der Waals surface area contributed by atoms with E-state index in [1.807, 2.05) is 12.1 Å². The first-order valence-corrected chi connectivity index (χ1v) is 10.3. The fraction of sp³-hybridized carbons (Fsp3) is 0.222. The Bertz CT molecular complexity index is 879. The number of hydrogen-bond acceptors (Lipinski definition) is 7. The van der Waals surface area contributed by atoms with Crippen molar-refractivity contribution in [2.24, 2.45) is 0 Å². The first-order valence-electron chi connectivity index (χ1n) is 7.81. The number of rotatable bonds is 6. The van der Waals surface area contributed by atoms with Crippen molar-refractivity contribution in [3.05, 3.63) is 36.4 Å². The van der Waals surface area contributed by atoms with Crippen molar-refractivity contribution in [2.75, 3.05) is 36.7 Å². The van der Waals surface area contributed by atoms with E-state index in [0.29, 0.717) is 12.4 Å². The summed E-state index contributed by atoms with van der Waals surface area (Å²) in [6.45, 7) is 0.445. The molecule has 1 aromatic heterocycles. The number of anilines is 2. The Kier molecular flexibility index (Phi) is 5.67. The van der Waals surface area contributed by atoms with E-state index in [1.165, 1.54) is 15.4 Å². The number of nitrogen functional groups attached to an aromatic ring is 1. The first-order chi connectivity index (χ1) is 12.2. The van der Waals surface area contributed by atoms with E-state index in [0.717, 1.165) is 16.5 Å². The molecule has 130 valence electrons. The molecule has 0 atom stereocenters. The summed E-state index contributed by atoms with van der Waals surface area (Å²) in [5.41, 5.74) is 8.97. The second kappa shape index (κ2) is 7.95. The third-order valence-corrected chi connectivity index (χ3v) is 5.40. The maximum atomic E-state index is 9.04. The number of fused-ring (bicyclic) bond motifs is 1. The van der Waals surface area contributed by atoms with Crippen LogP contribution in [0.2, 0.25) is 0 Å². The molecule has 7 heteroatoms. The molecule has 0 bridgehead atoms.